The van der Waals surface area contributed by atoms with Crippen molar-refractivity contribution >= 4 is 5.69 Å². The van der Waals surface area contributed by atoms with E-state index in [2.05, 4.69) is 10.4 Å². The van der Waals surface area contributed by atoms with E-state index in [9.17, 15) is 4.39 Å². The van der Waals surface area contributed by atoms with Gasteiger partial charge in [0.05, 0.1) is 17.4 Å². The number of anilines is 1. The molecule has 2 rings (SSSR count). The molecule has 1 unspecified atom stereocenters. The molecule has 0 amide bonds. The van der Waals surface area contributed by atoms with E-state index in [0.717, 1.165) is 11.4 Å². The van der Waals surface area contributed by atoms with Crippen molar-refractivity contribution in [2.24, 2.45) is 7.05 Å². The van der Waals surface area contributed by atoms with E-state index in [0.29, 0.717) is 5.56 Å². The zero-order valence-electron chi connectivity index (χ0n) is 10.2. The van der Waals surface area contributed by atoms with E-state index in [1.807, 2.05) is 33.2 Å². The normalized spacial score (nSPS) is 12.5. The van der Waals surface area contributed by atoms with Crippen LogP contribution in [-0.2, 0) is 7.05 Å². The molecule has 1 N–H and O–H groups in total. The van der Waals surface area contributed by atoms with Crippen LogP contribution in [0.3, 0.4) is 0 Å². The van der Waals surface area contributed by atoms with Crippen molar-refractivity contribution in [3.63, 3.8) is 0 Å². The first-order valence-corrected chi connectivity index (χ1v) is 5.59. The lowest BCUT2D eigenvalue weighted by Crippen LogP contribution is -2.08. The van der Waals surface area contributed by atoms with E-state index < -0.39 is 0 Å². The fourth-order valence-electron chi connectivity index (χ4n) is 1.88. The fourth-order valence-corrected chi connectivity index (χ4v) is 1.88. The summed E-state index contributed by atoms with van der Waals surface area (Å²) in [5.74, 6) is -0.186. The van der Waals surface area contributed by atoms with Gasteiger partial charge in [-0.1, -0.05) is 18.2 Å². The first-order chi connectivity index (χ1) is 8.08. The molecular formula is C13H16FN3. The minimum Gasteiger partial charge on any atom is -0.376 e. The second-order valence-electron chi connectivity index (χ2n) is 4.19. The molecule has 90 valence electrons. The maximum Gasteiger partial charge on any atom is 0.128 e. The number of benzene rings is 1. The molecule has 0 bridgehead atoms. The lowest BCUT2D eigenvalue weighted by molar-refractivity contribution is 0.600. The number of nitrogens with one attached hydrogen (secondary N) is 1. The van der Waals surface area contributed by atoms with Gasteiger partial charge in [-0.05, 0) is 19.9 Å². The summed E-state index contributed by atoms with van der Waals surface area (Å²) in [4.78, 5) is 0. The predicted molar refractivity (Wildman–Crippen MR) is 66.4 cm³/mol. The lowest BCUT2D eigenvalue weighted by atomic mass is 10.1. The van der Waals surface area contributed by atoms with Gasteiger partial charge >= 0.3 is 0 Å². The number of hydrogen-bond acceptors (Lipinski definition) is 2. The highest BCUT2D eigenvalue weighted by atomic mass is 19.1. The molecule has 2 aromatic rings. The maximum atomic E-state index is 13.6. The third kappa shape index (κ3) is 2.46. The van der Waals surface area contributed by atoms with Crippen LogP contribution in [0.2, 0.25) is 0 Å². The number of nitrogens with zero attached hydrogens (tertiary/aromatic N) is 2. The van der Waals surface area contributed by atoms with Crippen LogP contribution in [0.5, 0.6) is 0 Å². The molecule has 0 fully saturated rings. The van der Waals surface area contributed by atoms with Gasteiger partial charge in [0.2, 0.25) is 0 Å². The van der Waals surface area contributed by atoms with Crippen LogP contribution in [0.25, 0.3) is 0 Å². The van der Waals surface area contributed by atoms with E-state index in [1.165, 1.54) is 6.07 Å². The Morgan fingerprint density at radius 3 is 2.65 bits per heavy atom. The van der Waals surface area contributed by atoms with Crippen molar-refractivity contribution in [3.05, 3.63) is 47.5 Å². The van der Waals surface area contributed by atoms with Gasteiger partial charge in [0.15, 0.2) is 0 Å². The Bertz CT molecular complexity index is 519. The number of aromatic nitrogens is 2. The van der Waals surface area contributed by atoms with Crippen molar-refractivity contribution in [1.82, 2.24) is 9.78 Å². The molecule has 0 saturated heterocycles. The van der Waals surface area contributed by atoms with Crippen LogP contribution in [0, 0.1) is 12.7 Å². The average molecular weight is 233 g/mol. The molecule has 1 heterocycles. The SMILES string of the molecule is Cc1nn(C)cc1NC(C)c1ccccc1F. The highest BCUT2D eigenvalue weighted by Gasteiger charge is 2.12. The Morgan fingerprint density at radius 2 is 2.06 bits per heavy atom. The number of rotatable bonds is 3. The van der Waals surface area contributed by atoms with Crippen LogP contribution >= 0.6 is 0 Å². The molecule has 1 aromatic carbocycles. The van der Waals surface area contributed by atoms with Crippen molar-refractivity contribution < 1.29 is 4.39 Å². The van der Waals surface area contributed by atoms with Gasteiger partial charge in [-0.25, -0.2) is 4.39 Å². The van der Waals surface area contributed by atoms with Gasteiger partial charge in [0, 0.05) is 18.8 Å². The van der Waals surface area contributed by atoms with Crippen LogP contribution in [0.4, 0.5) is 10.1 Å². The molecule has 0 saturated carbocycles. The van der Waals surface area contributed by atoms with Gasteiger partial charge in [-0.3, -0.25) is 4.68 Å². The Hall–Kier alpha value is -1.84. The number of aryl methyl sites for hydroxylation is 2. The summed E-state index contributed by atoms with van der Waals surface area (Å²) in [5, 5.41) is 7.51. The van der Waals surface area contributed by atoms with Crippen LogP contribution < -0.4 is 5.32 Å². The molecule has 0 aliphatic carbocycles. The van der Waals surface area contributed by atoms with E-state index >= 15 is 0 Å². The minimum atomic E-state index is -0.186. The van der Waals surface area contributed by atoms with Gasteiger partial charge in [0.1, 0.15) is 5.82 Å². The number of halogens is 1. The highest BCUT2D eigenvalue weighted by molar-refractivity contribution is 5.47. The summed E-state index contributed by atoms with van der Waals surface area (Å²) in [6.45, 7) is 3.86. The topological polar surface area (TPSA) is 29.9 Å². The van der Waals surface area contributed by atoms with Crippen LogP contribution in [0.1, 0.15) is 24.2 Å². The molecule has 1 atom stereocenters. The fraction of sp³-hybridized carbons (Fsp3) is 0.308. The Labute approximate surface area is 100 Å². The van der Waals surface area contributed by atoms with E-state index in [4.69, 9.17) is 0 Å². The van der Waals surface area contributed by atoms with Gasteiger partial charge < -0.3 is 5.32 Å². The largest absolute Gasteiger partial charge is 0.376 e. The van der Waals surface area contributed by atoms with Crippen molar-refractivity contribution in [2.45, 2.75) is 19.9 Å². The first kappa shape index (κ1) is 11.6. The zero-order chi connectivity index (χ0) is 12.4. The van der Waals surface area contributed by atoms with Crippen molar-refractivity contribution in [1.29, 1.82) is 0 Å². The van der Waals surface area contributed by atoms with E-state index in [-0.39, 0.29) is 11.9 Å². The molecule has 1 aromatic heterocycles. The Kier molecular flexibility index (Phi) is 3.13. The quantitative estimate of drug-likeness (QED) is 0.883. The van der Waals surface area contributed by atoms with E-state index in [1.54, 1.807) is 16.8 Å². The second kappa shape index (κ2) is 4.57. The standard InChI is InChI=1S/C13H16FN3/c1-9(11-6-4-5-7-12(11)14)15-13-8-17(3)16-10(13)2/h4-9,15H,1-3H3. The minimum absolute atomic E-state index is 0.0842. The molecule has 0 spiro atoms. The summed E-state index contributed by atoms with van der Waals surface area (Å²) >= 11 is 0. The van der Waals surface area contributed by atoms with Gasteiger partial charge in [0.25, 0.3) is 0 Å². The summed E-state index contributed by atoms with van der Waals surface area (Å²) in [5.41, 5.74) is 2.51. The Balaban J connectivity index is 2.20. The third-order valence-electron chi connectivity index (χ3n) is 2.76. The monoisotopic (exact) mass is 233 g/mol. The van der Waals surface area contributed by atoms with Crippen LogP contribution in [-0.4, -0.2) is 9.78 Å². The third-order valence-corrected chi connectivity index (χ3v) is 2.76. The van der Waals surface area contributed by atoms with Crippen LogP contribution in [0.15, 0.2) is 30.5 Å². The molecule has 3 nitrogen and oxygen atoms in total. The highest BCUT2D eigenvalue weighted by Crippen LogP contribution is 2.22. The zero-order valence-corrected chi connectivity index (χ0v) is 10.2. The molecule has 0 radical (unpaired) electrons. The molecular weight excluding hydrogens is 217 g/mol. The average Bonchev–Trinajstić information content (AvgIpc) is 2.58. The molecule has 0 aliphatic heterocycles. The molecule has 0 aliphatic rings. The maximum absolute atomic E-state index is 13.6. The predicted octanol–water partition coefficient (Wildman–Crippen LogP) is 3.04. The summed E-state index contributed by atoms with van der Waals surface area (Å²) in [6, 6.07) is 6.72. The molecule has 17 heavy (non-hydrogen) atoms. The van der Waals surface area contributed by atoms with Gasteiger partial charge in [-0.15, -0.1) is 0 Å². The summed E-state index contributed by atoms with van der Waals surface area (Å²) in [6.07, 6.45) is 1.90. The van der Waals surface area contributed by atoms with Gasteiger partial charge in [-0.2, -0.15) is 5.10 Å². The number of hydrogen-bond donors (Lipinski definition) is 1. The second-order valence-corrected chi connectivity index (χ2v) is 4.19. The lowest BCUT2D eigenvalue weighted by Gasteiger charge is -2.15. The van der Waals surface area contributed by atoms with Crippen molar-refractivity contribution in [2.75, 3.05) is 5.32 Å². The Morgan fingerprint density at radius 1 is 1.35 bits per heavy atom. The first-order valence-electron chi connectivity index (χ1n) is 5.59. The summed E-state index contributed by atoms with van der Waals surface area (Å²) < 4.78 is 15.3. The summed E-state index contributed by atoms with van der Waals surface area (Å²) in [7, 11) is 1.87. The van der Waals surface area contributed by atoms with Crippen molar-refractivity contribution in [3.8, 4) is 0 Å². The smallest absolute Gasteiger partial charge is 0.128 e. The molecule has 4 heteroatoms.